The van der Waals surface area contributed by atoms with Crippen molar-refractivity contribution in [2.45, 2.75) is 46.6 Å². The van der Waals surface area contributed by atoms with E-state index in [9.17, 15) is 0 Å². The zero-order chi connectivity index (χ0) is 10.3. The summed E-state index contributed by atoms with van der Waals surface area (Å²) in [5, 5.41) is 0.652. The summed E-state index contributed by atoms with van der Waals surface area (Å²) in [5.74, 6) is 0. The van der Waals surface area contributed by atoms with Gasteiger partial charge in [0.2, 0.25) is 0 Å². The van der Waals surface area contributed by atoms with Crippen molar-refractivity contribution in [3.05, 3.63) is 0 Å². The molecular formula is C10H21NOS. The predicted molar refractivity (Wildman–Crippen MR) is 61.0 cm³/mol. The molecule has 2 nitrogen and oxygen atoms in total. The monoisotopic (exact) mass is 203 g/mol. The molecule has 78 valence electrons. The zero-order valence-electron chi connectivity index (χ0n) is 9.17. The Kier molecular flexibility index (Phi) is 6.96. The van der Waals surface area contributed by atoms with E-state index in [-0.39, 0.29) is 6.10 Å². The van der Waals surface area contributed by atoms with Gasteiger partial charge in [-0.2, -0.15) is 0 Å². The van der Waals surface area contributed by atoms with Gasteiger partial charge >= 0.3 is 0 Å². The van der Waals surface area contributed by atoms with Crippen molar-refractivity contribution in [2.24, 2.45) is 0 Å². The summed E-state index contributed by atoms with van der Waals surface area (Å²) >= 11 is 5.19. The molecular weight excluding hydrogens is 182 g/mol. The van der Waals surface area contributed by atoms with Gasteiger partial charge in [0, 0.05) is 13.1 Å². The third-order valence-electron chi connectivity index (χ3n) is 1.58. The lowest BCUT2D eigenvalue weighted by Crippen LogP contribution is -2.34. The van der Waals surface area contributed by atoms with Crippen LogP contribution in [0.4, 0.5) is 0 Å². The summed E-state index contributed by atoms with van der Waals surface area (Å²) in [7, 11) is 0. The smallest absolute Gasteiger partial charge is 0.259 e. The van der Waals surface area contributed by atoms with Gasteiger partial charge in [-0.15, -0.1) is 0 Å². The van der Waals surface area contributed by atoms with Crippen molar-refractivity contribution >= 4 is 17.4 Å². The first-order valence-corrected chi connectivity index (χ1v) is 5.48. The number of rotatable bonds is 5. The van der Waals surface area contributed by atoms with E-state index >= 15 is 0 Å². The first kappa shape index (κ1) is 12.7. The number of hydrogen-bond donors (Lipinski definition) is 0. The van der Waals surface area contributed by atoms with E-state index in [1.165, 1.54) is 0 Å². The number of nitrogens with zero attached hydrogens (tertiary/aromatic N) is 1. The van der Waals surface area contributed by atoms with Crippen LogP contribution in [-0.2, 0) is 4.74 Å². The lowest BCUT2D eigenvalue weighted by Gasteiger charge is -2.25. The highest BCUT2D eigenvalue weighted by molar-refractivity contribution is 7.80. The Morgan fingerprint density at radius 2 is 1.69 bits per heavy atom. The molecule has 13 heavy (non-hydrogen) atoms. The van der Waals surface area contributed by atoms with Crippen LogP contribution < -0.4 is 0 Å². The topological polar surface area (TPSA) is 12.5 Å². The molecule has 0 bridgehead atoms. The van der Waals surface area contributed by atoms with Crippen LogP contribution in [0.3, 0.4) is 0 Å². The van der Waals surface area contributed by atoms with Crippen molar-refractivity contribution in [2.75, 3.05) is 13.1 Å². The number of hydrogen-bond acceptors (Lipinski definition) is 2. The van der Waals surface area contributed by atoms with E-state index in [2.05, 4.69) is 18.7 Å². The van der Waals surface area contributed by atoms with Crippen LogP contribution in [0.2, 0.25) is 0 Å². The Morgan fingerprint density at radius 1 is 1.23 bits per heavy atom. The lowest BCUT2D eigenvalue weighted by molar-refractivity contribution is 0.186. The van der Waals surface area contributed by atoms with Crippen LogP contribution in [0.1, 0.15) is 40.5 Å². The Hall–Kier alpha value is -0.310. The molecule has 0 radical (unpaired) electrons. The SMILES string of the molecule is CCCN(CCC)C(=S)OC(C)C. The molecule has 0 rings (SSSR count). The molecule has 0 aliphatic heterocycles. The highest BCUT2D eigenvalue weighted by atomic mass is 32.1. The minimum absolute atomic E-state index is 0.184. The van der Waals surface area contributed by atoms with Crippen molar-refractivity contribution in [1.82, 2.24) is 4.90 Å². The van der Waals surface area contributed by atoms with Crippen molar-refractivity contribution in [3.63, 3.8) is 0 Å². The minimum Gasteiger partial charge on any atom is -0.468 e. The average Bonchev–Trinajstić information content (AvgIpc) is 2.02. The molecule has 0 aromatic heterocycles. The summed E-state index contributed by atoms with van der Waals surface area (Å²) in [4.78, 5) is 2.13. The van der Waals surface area contributed by atoms with Crippen LogP contribution in [-0.4, -0.2) is 29.3 Å². The quantitative estimate of drug-likeness (QED) is 0.638. The highest BCUT2D eigenvalue weighted by Crippen LogP contribution is 2.01. The Labute approximate surface area is 87.3 Å². The maximum Gasteiger partial charge on any atom is 0.259 e. The van der Waals surface area contributed by atoms with Crippen LogP contribution >= 0.6 is 12.2 Å². The van der Waals surface area contributed by atoms with Crippen molar-refractivity contribution < 1.29 is 4.74 Å². The summed E-state index contributed by atoms with van der Waals surface area (Å²) in [6, 6.07) is 0. The fourth-order valence-corrected chi connectivity index (χ4v) is 1.49. The second-order valence-electron chi connectivity index (χ2n) is 3.42. The van der Waals surface area contributed by atoms with Gasteiger partial charge < -0.3 is 9.64 Å². The predicted octanol–water partition coefficient (Wildman–Crippen LogP) is 2.82. The highest BCUT2D eigenvalue weighted by Gasteiger charge is 2.09. The minimum atomic E-state index is 0.184. The van der Waals surface area contributed by atoms with Gasteiger partial charge in [0.1, 0.15) is 0 Å². The molecule has 0 heterocycles. The van der Waals surface area contributed by atoms with E-state index in [1.54, 1.807) is 0 Å². The second-order valence-corrected chi connectivity index (χ2v) is 3.77. The molecule has 0 atom stereocenters. The molecule has 0 amide bonds. The first-order chi connectivity index (χ1) is 6.11. The van der Waals surface area contributed by atoms with E-state index in [1.807, 2.05) is 13.8 Å². The third-order valence-corrected chi connectivity index (χ3v) is 1.94. The molecule has 0 aliphatic rings. The molecule has 0 aliphatic carbocycles. The van der Waals surface area contributed by atoms with Gasteiger partial charge in [-0.1, -0.05) is 13.8 Å². The van der Waals surface area contributed by atoms with Gasteiger partial charge in [0.15, 0.2) is 0 Å². The Balaban J connectivity index is 3.95. The summed E-state index contributed by atoms with van der Waals surface area (Å²) in [6.07, 6.45) is 2.41. The van der Waals surface area contributed by atoms with E-state index in [4.69, 9.17) is 17.0 Å². The van der Waals surface area contributed by atoms with Crippen LogP contribution in [0, 0.1) is 0 Å². The molecule has 0 aromatic rings. The van der Waals surface area contributed by atoms with E-state index < -0.39 is 0 Å². The van der Waals surface area contributed by atoms with Crippen LogP contribution in [0.5, 0.6) is 0 Å². The molecule has 0 spiro atoms. The molecule has 3 heteroatoms. The van der Waals surface area contributed by atoms with Gasteiger partial charge in [0.05, 0.1) is 6.10 Å². The van der Waals surface area contributed by atoms with Crippen molar-refractivity contribution in [1.29, 1.82) is 0 Å². The summed E-state index contributed by atoms with van der Waals surface area (Å²) < 4.78 is 5.47. The molecule has 0 N–H and O–H groups in total. The maximum absolute atomic E-state index is 5.47. The molecule has 0 fully saturated rings. The molecule has 0 unspecified atom stereocenters. The second kappa shape index (κ2) is 7.13. The molecule has 0 saturated heterocycles. The largest absolute Gasteiger partial charge is 0.468 e. The first-order valence-electron chi connectivity index (χ1n) is 5.07. The molecule has 0 aromatic carbocycles. The lowest BCUT2D eigenvalue weighted by atomic mass is 10.4. The number of ether oxygens (including phenoxy) is 1. The fraction of sp³-hybridized carbons (Fsp3) is 0.900. The van der Waals surface area contributed by atoms with Crippen molar-refractivity contribution in [3.8, 4) is 0 Å². The van der Waals surface area contributed by atoms with Gasteiger partial charge in [-0.3, -0.25) is 0 Å². The van der Waals surface area contributed by atoms with Gasteiger partial charge in [-0.05, 0) is 38.9 Å². The van der Waals surface area contributed by atoms with Crippen LogP contribution in [0.15, 0.2) is 0 Å². The van der Waals surface area contributed by atoms with E-state index in [0.29, 0.717) is 5.17 Å². The van der Waals surface area contributed by atoms with Gasteiger partial charge in [0.25, 0.3) is 5.17 Å². The summed E-state index contributed by atoms with van der Waals surface area (Å²) in [5.41, 5.74) is 0. The fourth-order valence-electron chi connectivity index (χ4n) is 1.11. The third kappa shape index (κ3) is 5.86. The normalized spacial score (nSPS) is 10.2. The zero-order valence-corrected chi connectivity index (χ0v) is 9.99. The standard InChI is InChI=1S/C10H21NOS/c1-5-7-11(8-6-2)10(13)12-9(3)4/h9H,5-8H2,1-4H3. The van der Waals surface area contributed by atoms with Crippen LogP contribution in [0.25, 0.3) is 0 Å². The molecule has 0 saturated carbocycles. The van der Waals surface area contributed by atoms with Gasteiger partial charge in [-0.25, -0.2) is 0 Å². The summed E-state index contributed by atoms with van der Waals surface area (Å²) in [6.45, 7) is 10.3. The van der Waals surface area contributed by atoms with E-state index in [0.717, 1.165) is 25.9 Å². The maximum atomic E-state index is 5.47. The Bertz CT molecular complexity index is 142. The average molecular weight is 203 g/mol. The Morgan fingerprint density at radius 3 is 2.00 bits per heavy atom. The number of thiocarbonyl (C=S) groups is 1.